The molecule has 0 spiro atoms. The lowest BCUT2D eigenvalue weighted by Crippen LogP contribution is -2.39. The molecule has 0 amide bonds. The summed E-state index contributed by atoms with van der Waals surface area (Å²) in [5.74, 6) is -1.24. The first-order valence-corrected chi connectivity index (χ1v) is 1.75. The first-order chi connectivity index (χ1) is 3.18. The van der Waals surface area contributed by atoms with Crippen molar-refractivity contribution in [3.8, 4) is 0 Å². The minimum atomic E-state index is -1.24. The molecule has 0 fully saturated rings. The highest BCUT2D eigenvalue weighted by molar-refractivity contribution is 5.73. The Hall–Kier alpha value is -0.610. The smallest absolute Gasteiger partial charge is 0.319 e. The zero-order chi connectivity index (χ0) is 5.86. The minimum Gasteiger partial charge on any atom is -0.853 e. The molecule has 0 bridgehead atoms. The largest absolute Gasteiger partial charge is 0.853 e. The van der Waals surface area contributed by atoms with Crippen LogP contribution in [0.4, 0.5) is 0 Å². The number of carbonyl (C=O) groups is 1. The van der Waals surface area contributed by atoms with E-state index in [1.165, 1.54) is 0 Å². The molecule has 0 rings (SSSR count). The molecule has 42 valence electrons. The molecule has 0 saturated heterocycles. The molecule has 0 saturated carbocycles. The number of nitrogens with two attached hydrogens (primary N) is 1. The fraction of sp³-hybridized carbons (Fsp3) is 0.667. The summed E-state index contributed by atoms with van der Waals surface area (Å²) in [6, 6.07) is -1.24. The van der Waals surface area contributed by atoms with Crippen LogP contribution in [0.15, 0.2) is 0 Å². The van der Waals surface area contributed by atoms with Gasteiger partial charge in [0, 0.05) is 0 Å². The van der Waals surface area contributed by atoms with E-state index in [1.807, 2.05) is 0 Å². The van der Waals surface area contributed by atoms with Crippen LogP contribution in [0.3, 0.4) is 0 Å². The van der Waals surface area contributed by atoms with Crippen LogP contribution >= 0.6 is 0 Å². The maximum Gasteiger partial charge on any atom is 0.319 e. The summed E-state index contributed by atoms with van der Waals surface area (Å²) in [5, 5.41) is 17.4. The first kappa shape index (κ1) is 6.39. The Kier molecular flexibility index (Phi) is 2.32. The second-order valence-corrected chi connectivity index (χ2v) is 1.11. The van der Waals surface area contributed by atoms with E-state index in [9.17, 15) is 9.90 Å². The summed E-state index contributed by atoms with van der Waals surface area (Å²) in [5.41, 5.74) is 4.70. The lowest BCUT2D eigenvalue weighted by Gasteiger charge is -2.06. The monoisotopic (exact) mass is 104 g/mol. The predicted molar refractivity (Wildman–Crippen MR) is 20.5 cm³/mol. The maximum atomic E-state index is 9.61. The average Bonchev–Trinajstić information content (AvgIpc) is 1.65. The number of carboxylic acid groups (broad SMARTS) is 1. The van der Waals surface area contributed by atoms with Gasteiger partial charge in [-0.25, -0.2) is 0 Å². The van der Waals surface area contributed by atoms with Crippen molar-refractivity contribution in [3.63, 3.8) is 0 Å². The summed E-state index contributed by atoms with van der Waals surface area (Å²) in [7, 11) is 0. The second-order valence-electron chi connectivity index (χ2n) is 1.11. The molecule has 0 aromatic rings. The molecule has 1 atom stereocenters. The second kappa shape index (κ2) is 2.54. The Morgan fingerprint density at radius 2 is 2.43 bits per heavy atom. The lowest BCUT2D eigenvalue weighted by atomic mass is 10.3. The van der Waals surface area contributed by atoms with Crippen molar-refractivity contribution >= 4 is 5.97 Å². The minimum absolute atomic E-state index is 0.755. The third-order valence-electron chi connectivity index (χ3n) is 0.497. The summed E-state index contributed by atoms with van der Waals surface area (Å²) >= 11 is 0. The van der Waals surface area contributed by atoms with Crippen molar-refractivity contribution < 1.29 is 15.0 Å². The Labute approximate surface area is 40.6 Å². The van der Waals surface area contributed by atoms with E-state index in [4.69, 9.17) is 10.8 Å². The van der Waals surface area contributed by atoms with E-state index in [0.717, 1.165) is 0 Å². The van der Waals surface area contributed by atoms with Gasteiger partial charge in [-0.3, -0.25) is 4.79 Å². The number of aliphatic carboxylic acids is 1. The summed E-state index contributed by atoms with van der Waals surface area (Å²) in [6.07, 6.45) is 0. The van der Waals surface area contributed by atoms with Crippen LogP contribution in [0.25, 0.3) is 0 Å². The molecule has 0 heterocycles. The molecule has 0 aliphatic heterocycles. The zero-order valence-electron chi connectivity index (χ0n) is 3.63. The Bertz CT molecular complexity index is 72.6. The molecule has 7 heavy (non-hydrogen) atoms. The van der Waals surface area contributed by atoms with Gasteiger partial charge in [-0.15, -0.1) is 6.61 Å². The standard InChI is InChI=1S/C3H6NO3/c4-2(1-5)3(6)7/h2H,1,4H2,(H,6,7)/q-1/t2-/m0/s1. The van der Waals surface area contributed by atoms with Gasteiger partial charge < -0.3 is 15.9 Å². The Morgan fingerprint density at radius 3 is 2.43 bits per heavy atom. The van der Waals surface area contributed by atoms with Gasteiger partial charge in [-0.1, -0.05) is 0 Å². The number of hydrogen-bond donors (Lipinski definition) is 2. The van der Waals surface area contributed by atoms with Crippen molar-refractivity contribution in [3.05, 3.63) is 0 Å². The molecule has 0 aliphatic carbocycles. The van der Waals surface area contributed by atoms with E-state index >= 15 is 0 Å². The molecule has 3 N–H and O–H groups in total. The van der Waals surface area contributed by atoms with Crippen molar-refractivity contribution in [2.45, 2.75) is 6.04 Å². The fourth-order valence-corrected chi connectivity index (χ4v) is 0.0713. The molecule has 4 heteroatoms. The molecule has 0 aliphatic rings. The zero-order valence-corrected chi connectivity index (χ0v) is 3.63. The summed E-state index contributed by atoms with van der Waals surface area (Å²) in [6.45, 7) is -0.755. The highest BCUT2D eigenvalue weighted by Gasteiger charge is 2.01. The van der Waals surface area contributed by atoms with Crippen LogP contribution in [-0.2, 0) is 4.79 Å². The van der Waals surface area contributed by atoms with Gasteiger partial charge in [0.05, 0.1) is 6.04 Å². The average molecular weight is 104 g/mol. The summed E-state index contributed by atoms with van der Waals surface area (Å²) in [4.78, 5) is 9.61. The van der Waals surface area contributed by atoms with Gasteiger partial charge in [0.25, 0.3) is 0 Å². The summed E-state index contributed by atoms with van der Waals surface area (Å²) < 4.78 is 0. The van der Waals surface area contributed by atoms with Crippen LogP contribution < -0.4 is 10.8 Å². The molecule has 4 nitrogen and oxygen atoms in total. The topological polar surface area (TPSA) is 86.4 Å². The SMILES string of the molecule is N[C@@H](C[O-])C(=O)O. The van der Waals surface area contributed by atoms with Crippen LogP contribution in [0.2, 0.25) is 0 Å². The predicted octanol–water partition coefficient (Wildman–Crippen LogP) is -2.24. The van der Waals surface area contributed by atoms with Crippen LogP contribution in [0.5, 0.6) is 0 Å². The molecular formula is C3H6NO3-. The highest BCUT2D eigenvalue weighted by atomic mass is 16.4. The molecule has 0 radical (unpaired) electrons. The van der Waals surface area contributed by atoms with Gasteiger partial charge in [-0.2, -0.15) is 0 Å². The quantitative estimate of drug-likeness (QED) is 0.414. The molecule has 0 aromatic heterocycles. The number of rotatable bonds is 2. The van der Waals surface area contributed by atoms with Crippen LogP contribution in [-0.4, -0.2) is 23.7 Å². The van der Waals surface area contributed by atoms with Crippen molar-refractivity contribution in [1.82, 2.24) is 0 Å². The highest BCUT2D eigenvalue weighted by Crippen LogP contribution is 1.68. The van der Waals surface area contributed by atoms with E-state index in [1.54, 1.807) is 0 Å². The Balaban J connectivity index is 3.34. The third-order valence-corrected chi connectivity index (χ3v) is 0.497. The third kappa shape index (κ3) is 2.13. The van der Waals surface area contributed by atoms with Gasteiger partial charge >= 0.3 is 5.97 Å². The lowest BCUT2D eigenvalue weighted by molar-refractivity contribution is -0.369. The fourth-order valence-electron chi connectivity index (χ4n) is 0.0713. The van der Waals surface area contributed by atoms with Crippen molar-refractivity contribution in [2.75, 3.05) is 6.61 Å². The number of carboxylic acids is 1. The Morgan fingerprint density at radius 1 is 2.00 bits per heavy atom. The van der Waals surface area contributed by atoms with Crippen molar-refractivity contribution in [2.24, 2.45) is 5.73 Å². The number of hydrogen-bond acceptors (Lipinski definition) is 3. The van der Waals surface area contributed by atoms with E-state index < -0.39 is 18.6 Å². The molecule has 0 aromatic carbocycles. The first-order valence-electron chi connectivity index (χ1n) is 1.75. The van der Waals surface area contributed by atoms with E-state index in [2.05, 4.69) is 0 Å². The molecular weight excluding hydrogens is 98.0 g/mol. The van der Waals surface area contributed by atoms with E-state index in [-0.39, 0.29) is 0 Å². The maximum absolute atomic E-state index is 9.61. The van der Waals surface area contributed by atoms with Gasteiger partial charge in [0.2, 0.25) is 0 Å². The normalized spacial score (nSPS) is 13.4. The van der Waals surface area contributed by atoms with Crippen molar-refractivity contribution in [1.29, 1.82) is 0 Å². The van der Waals surface area contributed by atoms with Gasteiger partial charge in [-0.05, 0) is 0 Å². The van der Waals surface area contributed by atoms with Crippen LogP contribution in [0.1, 0.15) is 0 Å². The van der Waals surface area contributed by atoms with Gasteiger partial charge in [0.1, 0.15) is 0 Å². The van der Waals surface area contributed by atoms with Crippen LogP contribution in [0, 0.1) is 0 Å². The van der Waals surface area contributed by atoms with Gasteiger partial charge in [0.15, 0.2) is 0 Å². The van der Waals surface area contributed by atoms with E-state index in [0.29, 0.717) is 0 Å². The molecule has 0 unspecified atom stereocenters.